The van der Waals surface area contributed by atoms with Crippen LogP contribution in [0.4, 0.5) is 5.69 Å². The van der Waals surface area contributed by atoms with Gasteiger partial charge in [0, 0.05) is 52.2 Å². The molecule has 1 aliphatic carbocycles. The first-order valence-corrected chi connectivity index (χ1v) is 10.8. The summed E-state index contributed by atoms with van der Waals surface area (Å²) >= 11 is 0. The Kier molecular flexibility index (Phi) is 10.5. The molecule has 1 saturated carbocycles. The molecule has 3 rings (SSSR count). The van der Waals surface area contributed by atoms with Crippen LogP contribution in [0.2, 0.25) is 0 Å². The average molecular weight is 529 g/mol. The molecule has 2 fully saturated rings. The number of para-hydroxylation sites is 2. The Bertz CT molecular complexity index is 686. The number of nitrogens with zero attached hydrogens (tertiary/aromatic N) is 3. The van der Waals surface area contributed by atoms with Gasteiger partial charge in [0.05, 0.1) is 12.8 Å². The van der Waals surface area contributed by atoms with E-state index >= 15 is 0 Å². The van der Waals surface area contributed by atoms with Gasteiger partial charge in [-0.3, -0.25) is 9.79 Å². The number of hydrogen-bond donors (Lipinski definition) is 2. The number of hydrogen-bond acceptors (Lipinski definition) is 4. The van der Waals surface area contributed by atoms with Crippen molar-refractivity contribution >= 4 is 41.5 Å². The Morgan fingerprint density at radius 3 is 2.50 bits per heavy atom. The van der Waals surface area contributed by atoms with Gasteiger partial charge in [-0.25, -0.2) is 0 Å². The summed E-state index contributed by atoms with van der Waals surface area (Å²) in [4.78, 5) is 21.2. The van der Waals surface area contributed by atoms with Crippen LogP contribution in [-0.4, -0.2) is 69.7 Å². The van der Waals surface area contributed by atoms with E-state index in [-0.39, 0.29) is 29.9 Å². The van der Waals surface area contributed by atoms with Gasteiger partial charge in [-0.1, -0.05) is 31.4 Å². The maximum absolute atomic E-state index is 12.2. The molecular formula is C22H36IN5O2. The molecule has 7 nitrogen and oxygen atoms in total. The normalized spacial score (nSPS) is 17.9. The quantitative estimate of drug-likeness (QED) is 0.337. The lowest BCUT2D eigenvalue weighted by atomic mass is 9.95. The minimum atomic E-state index is 0. The van der Waals surface area contributed by atoms with E-state index in [1.165, 1.54) is 19.3 Å². The van der Waals surface area contributed by atoms with Crippen molar-refractivity contribution in [3.05, 3.63) is 24.3 Å². The minimum absolute atomic E-state index is 0. The lowest BCUT2D eigenvalue weighted by Crippen LogP contribution is -2.53. The lowest BCUT2D eigenvalue weighted by molar-refractivity contribution is -0.121. The molecule has 2 N–H and O–H groups in total. The molecule has 168 valence electrons. The molecule has 8 heteroatoms. The number of amides is 1. The third kappa shape index (κ3) is 6.92. The van der Waals surface area contributed by atoms with Crippen molar-refractivity contribution in [2.75, 3.05) is 51.8 Å². The first-order valence-electron chi connectivity index (χ1n) is 10.8. The number of nitrogens with one attached hydrogen (secondary N) is 2. The van der Waals surface area contributed by atoms with E-state index in [1.807, 2.05) is 18.2 Å². The number of anilines is 1. The molecule has 0 aromatic heterocycles. The highest BCUT2D eigenvalue weighted by molar-refractivity contribution is 14.0. The summed E-state index contributed by atoms with van der Waals surface area (Å²) in [5.74, 6) is 1.92. The van der Waals surface area contributed by atoms with Crippen LogP contribution in [0.15, 0.2) is 29.3 Å². The molecule has 0 spiro atoms. The van der Waals surface area contributed by atoms with Crippen LogP contribution >= 0.6 is 24.0 Å². The van der Waals surface area contributed by atoms with E-state index in [0.717, 1.165) is 56.4 Å². The number of carbonyl (C=O) groups excluding carboxylic acids is 1. The number of carbonyl (C=O) groups is 1. The fourth-order valence-corrected chi connectivity index (χ4v) is 4.22. The molecule has 1 amide bonds. The smallest absolute Gasteiger partial charge is 0.221 e. The first kappa shape index (κ1) is 24.6. The van der Waals surface area contributed by atoms with Crippen LogP contribution in [0.1, 0.15) is 38.5 Å². The van der Waals surface area contributed by atoms with E-state index in [4.69, 9.17) is 4.74 Å². The van der Waals surface area contributed by atoms with Gasteiger partial charge >= 0.3 is 0 Å². The second-order valence-electron chi connectivity index (χ2n) is 7.77. The molecule has 1 heterocycles. The molecule has 1 aromatic carbocycles. The monoisotopic (exact) mass is 529 g/mol. The molecule has 2 aliphatic rings. The molecule has 30 heavy (non-hydrogen) atoms. The van der Waals surface area contributed by atoms with E-state index in [0.29, 0.717) is 19.0 Å². The van der Waals surface area contributed by atoms with E-state index in [1.54, 1.807) is 14.2 Å². The zero-order valence-corrected chi connectivity index (χ0v) is 20.6. The topological polar surface area (TPSA) is 69.2 Å². The first-order chi connectivity index (χ1) is 14.2. The van der Waals surface area contributed by atoms with Crippen LogP contribution in [0.5, 0.6) is 5.75 Å². The zero-order chi connectivity index (χ0) is 20.5. The van der Waals surface area contributed by atoms with Crippen molar-refractivity contribution < 1.29 is 9.53 Å². The number of guanidine groups is 1. The van der Waals surface area contributed by atoms with Crippen molar-refractivity contribution in [1.82, 2.24) is 15.5 Å². The highest BCUT2D eigenvalue weighted by Gasteiger charge is 2.22. The Labute approximate surface area is 197 Å². The SMILES string of the molecule is CN=C(NCCC(=O)NC1CCCCC1)N1CCN(c2ccccc2OC)CC1.I. The summed E-state index contributed by atoms with van der Waals surface area (Å²) in [5.41, 5.74) is 1.14. The van der Waals surface area contributed by atoms with Crippen LogP contribution in [-0.2, 0) is 4.79 Å². The second kappa shape index (κ2) is 12.9. The second-order valence-corrected chi connectivity index (χ2v) is 7.77. The highest BCUT2D eigenvalue weighted by atomic mass is 127. The summed E-state index contributed by atoms with van der Waals surface area (Å²) in [5, 5.41) is 6.53. The van der Waals surface area contributed by atoms with E-state index < -0.39 is 0 Å². The molecule has 1 saturated heterocycles. The maximum atomic E-state index is 12.2. The van der Waals surface area contributed by atoms with Gasteiger partial charge in [-0.05, 0) is 25.0 Å². The number of methoxy groups -OCH3 is 1. The van der Waals surface area contributed by atoms with Crippen LogP contribution in [0.3, 0.4) is 0 Å². The van der Waals surface area contributed by atoms with Crippen molar-refractivity contribution in [3.63, 3.8) is 0 Å². The summed E-state index contributed by atoms with van der Waals surface area (Å²) in [6.07, 6.45) is 6.49. The third-order valence-electron chi connectivity index (χ3n) is 5.82. The zero-order valence-electron chi connectivity index (χ0n) is 18.2. The molecule has 0 radical (unpaired) electrons. The van der Waals surface area contributed by atoms with Gasteiger partial charge in [0.2, 0.25) is 5.91 Å². The van der Waals surface area contributed by atoms with Gasteiger partial charge < -0.3 is 25.2 Å². The Balaban J connectivity index is 0.00000320. The molecule has 0 unspecified atom stereocenters. The Hall–Kier alpha value is -1.71. The largest absolute Gasteiger partial charge is 0.495 e. The predicted molar refractivity (Wildman–Crippen MR) is 133 cm³/mol. The van der Waals surface area contributed by atoms with Crippen molar-refractivity contribution in [3.8, 4) is 5.75 Å². The number of benzene rings is 1. The van der Waals surface area contributed by atoms with Gasteiger partial charge in [0.1, 0.15) is 5.75 Å². The van der Waals surface area contributed by atoms with Gasteiger partial charge in [-0.15, -0.1) is 24.0 Å². The molecular weight excluding hydrogens is 493 g/mol. The Morgan fingerprint density at radius 2 is 1.83 bits per heavy atom. The summed E-state index contributed by atoms with van der Waals surface area (Å²) in [7, 11) is 3.52. The molecule has 0 atom stereocenters. The molecule has 0 bridgehead atoms. The fraction of sp³-hybridized carbons (Fsp3) is 0.636. The summed E-state index contributed by atoms with van der Waals surface area (Å²) in [6, 6.07) is 8.52. The standard InChI is InChI=1S/C22H35N5O2.HI/c1-23-22(24-13-12-21(28)25-18-8-4-3-5-9-18)27-16-14-26(15-17-27)19-10-6-7-11-20(19)29-2;/h6-7,10-11,18H,3-5,8-9,12-17H2,1-2H3,(H,23,24)(H,25,28);1H. The fourth-order valence-electron chi connectivity index (χ4n) is 4.22. The number of ether oxygens (including phenoxy) is 1. The van der Waals surface area contributed by atoms with Gasteiger partial charge in [-0.2, -0.15) is 0 Å². The van der Waals surface area contributed by atoms with Crippen molar-refractivity contribution in [1.29, 1.82) is 0 Å². The van der Waals surface area contributed by atoms with E-state index in [2.05, 4.69) is 31.5 Å². The molecule has 1 aliphatic heterocycles. The van der Waals surface area contributed by atoms with Crippen molar-refractivity contribution in [2.45, 2.75) is 44.6 Å². The lowest BCUT2D eigenvalue weighted by Gasteiger charge is -2.38. The van der Waals surface area contributed by atoms with Crippen LogP contribution in [0.25, 0.3) is 0 Å². The highest BCUT2D eigenvalue weighted by Crippen LogP contribution is 2.28. The van der Waals surface area contributed by atoms with Gasteiger partial charge in [0.25, 0.3) is 0 Å². The van der Waals surface area contributed by atoms with E-state index in [9.17, 15) is 4.79 Å². The molecule has 1 aromatic rings. The summed E-state index contributed by atoms with van der Waals surface area (Å²) < 4.78 is 5.49. The maximum Gasteiger partial charge on any atom is 0.221 e. The number of piperazine rings is 1. The number of aliphatic imine (C=N–C) groups is 1. The van der Waals surface area contributed by atoms with Crippen molar-refractivity contribution in [2.24, 2.45) is 4.99 Å². The number of halogens is 1. The number of rotatable bonds is 6. The average Bonchev–Trinajstić information content (AvgIpc) is 2.77. The third-order valence-corrected chi connectivity index (χ3v) is 5.82. The Morgan fingerprint density at radius 1 is 1.13 bits per heavy atom. The van der Waals surface area contributed by atoms with Crippen LogP contribution in [0, 0.1) is 0 Å². The van der Waals surface area contributed by atoms with Gasteiger partial charge in [0.15, 0.2) is 5.96 Å². The summed E-state index contributed by atoms with van der Waals surface area (Å²) in [6.45, 7) is 4.18. The van der Waals surface area contributed by atoms with Crippen LogP contribution < -0.4 is 20.3 Å². The minimum Gasteiger partial charge on any atom is -0.495 e. The predicted octanol–water partition coefficient (Wildman–Crippen LogP) is 2.85.